The summed E-state index contributed by atoms with van der Waals surface area (Å²) in [4.78, 5) is 23.7. The van der Waals surface area contributed by atoms with Gasteiger partial charge in [0.25, 0.3) is 5.91 Å². The van der Waals surface area contributed by atoms with Crippen molar-refractivity contribution in [2.24, 2.45) is 5.41 Å². The molecule has 2 aliphatic rings. The molecule has 0 bridgehead atoms. The fourth-order valence-electron chi connectivity index (χ4n) is 2.57. The van der Waals surface area contributed by atoms with Gasteiger partial charge in [-0.3, -0.25) is 9.59 Å². The van der Waals surface area contributed by atoms with Gasteiger partial charge in [-0.05, 0) is 31.9 Å². The molecule has 1 aromatic heterocycles. The van der Waals surface area contributed by atoms with E-state index >= 15 is 0 Å². The quantitative estimate of drug-likeness (QED) is 0.862. The van der Waals surface area contributed by atoms with Gasteiger partial charge in [-0.1, -0.05) is 0 Å². The summed E-state index contributed by atoms with van der Waals surface area (Å²) in [6.07, 6.45) is 4.08. The molecule has 1 amide bonds. The number of hydrogen-bond donors (Lipinski definition) is 2. The van der Waals surface area contributed by atoms with E-state index in [0.717, 1.165) is 12.8 Å². The summed E-state index contributed by atoms with van der Waals surface area (Å²) < 4.78 is 7.20. The third kappa shape index (κ3) is 2.10. The number of carbonyl (C=O) groups excluding carboxylic acids is 1. The monoisotopic (exact) mass is 278 g/mol. The van der Waals surface area contributed by atoms with E-state index in [2.05, 4.69) is 5.32 Å². The molecular formula is C14H18N2O4. The average molecular weight is 278 g/mol. The van der Waals surface area contributed by atoms with Crippen molar-refractivity contribution >= 4 is 11.9 Å². The largest absolute Gasteiger partial charge is 0.481 e. The molecule has 1 saturated carbocycles. The first-order valence-corrected chi connectivity index (χ1v) is 6.81. The van der Waals surface area contributed by atoms with Crippen molar-refractivity contribution in [3.63, 3.8) is 0 Å². The van der Waals surface area contributed by atoms with Crippen molar-refractivity contribution in [2.45, 2.75) is 31.8 Å². The minimum absolute atomic E-state index is 0.122. The van der Waals surface area contributed by atoms with Crippen LogP contribution in [-0.2, 0) is 9.53 Å². The minimum Gasteiger partial charge on any atom is -0.481 e. The van der Waals surface area contributed by atoms with Crippen molar-refractivity contribution in [3.05, 3.63) is 24.0 Å². The van der Waals surface area contributed by atoms with Crippen molar-refractivity contribution in [1.82, 2.24) is 9.88 Å². The molecule has 1 aliphatic carbocycles. The Bertz CT molecular complexity index is 549. The van der Waals surface area contributed by atoms with Gasteiger partial charge in [0.05, 0.1) is 19.3 Å². The Kier molecular flexibility index (Phi) is 3.05. The third-order valence-corrected chi connectivity index (χ3v) is 4.20. The summed E-state index contributed by atoms with van der Waals surface area (Å²) in [5.41, 5.74) is -0.473. The van der Waals surface area contributed by atoms with E-state index in [1.54, 1.807) is 13.0 Å². The van der Waals surface area contributed by atoms with Crippen LogP contribution < -0.4 is 5.32 Å². The molecule has 1 aromatic rings. The molecule has 1 aliphatic heterocycles. The molecule has 6 heteroatoms. The number of rotatable bonds is 4. The summed E-state index contributed by atoms with van der Waals surface area (Å²) in [6, 6.07) is 3.52. The van der Waals surface area contributed by atoms with Gasteiger partial charge in [0.2, 0.25) is 0 Å². The highest BCUT2D eigenvalue weighted by molar-refractivity contribution is 5.93. The second kappa shape index (κ2) is 4.63. The summed E-state index contributed by atoms with van der Waals surface area (Å²) in [5.74, 6) is -1.18. The molecule has 3 rings (SSSR count). The van der Waals surface area contributed by atoms with Crippen LogP contribution in [0.2, 0.25) is 0 Å². The highest BCUT2D eigenvalue weighted by Crippen LogP contribution is 2.36. The van der Waals surface area contributed by atoms with Gasteiger partial charge in [-0.25, -0.2) is 0 Å². The van der Waals surface area contributed by atoms with Crippen LogP contribution >= 0.6 is 0 Å². The van der Waals surface area contributed by atoms with Crippen LogP contribution in [0.5, 0.6) is 0 Å². The Labute approximate surface area is 116 Å². The standard InChI is InChI=1S/C14H18N2O4/c1-14(13(18)19)8-20-7-11(14)15-12(17)10-3-2-6-16(10)9-4-5-9/h2-3,6,9,11H,4-5,7-8H2,1H3,(H,15,17)(H,18,19). The van der Waals surface area contributed by atoms with Crippen LogP contribution in [0, 0.1) is 5.41 Å². The number of ether oxygens (including phenoxy) is 1. The molecule has 2 unspecified atom stereocenters. The first-order valence-electron chi connectivity index (χ1n) is 6.81. The number of hydrogen-bond acceptors (Lipinski definition) is 3. The Balaban J connectivity index is 1.75. The number of carboxylic acids is 1. The normalized spacial score (nSPS) is 29.4. The molecule has 6 nitrogen and oxygen atoms in total. The SMILES string of the molecule is CC1(C(=O)O)COCC1NC(=O)c1cccn1C1CC1. The summed E-state index contributed by atoms with van der Waals surface area (Å²) >= 11 is 0. The van der Waals surface area contributed by atoms with Crippen LogP contribution in [0.25, 0.3) is 0 Å². The van der Waals surface area contributed by atoms with Gasteiger partial charge in [-0.15, -0.1) is 0 Å². The Morgan fingerprint density at radius 3 is 2.90 bits per heavy atom. The lowest BCUT2D eigenvalue weighted by Crippen LogP contribution is -2.50. The predicted octanol–water partition coefficient (Wildman–Crippen LogP) is 1.04. The van der Waals surface area contributed by atoms with Crippen molar-refractivity contribution in [3.8, 4) is 0 Å². The van der Waals surface area contributed by atoms with E-state index in [1.807, 2.05) is 16.8 Å². The lowest BCUT2D eigenvalue weighted by atomic mass is 9.85. The topological polar surface area (TPSA) is 80.6 Å². The van der Waals surface area contributed by atoms with Gasteiger partial charge in [0, 0.05) is 12.2 Å². The molecule has 2 N–H and O–H groups in total. The van der Waals surface area contributed by atoms with Gasteiger partial charge in [0.1, 0.15) is 11.1 Å². The molecule has 2 atom stereocenters. The Hall–Kier alpha value is -1.82. The summed E-state index contributed by atoms with van der Waals surface area (Å²) in [5, 5.41) is 12.1. The van der Waals surface area contributed by atoms with Gasteiger partial charge in [0.15, 0.2) is 0 Å². The predicted molar refractivity (Wildman–Crippen MR) is 70.5 cm³/mol. The molecular weight excluding hydrogens is 260 g/mol. The van der Waals surface area contributed by atoms with Crippen LogP contribution in [0.15, 0.2) is 18.3 Å². The summed E-state index contributed by atoms with van der Waals surface area (Å²) in [6.45, 7) is 1.96. The fourth-order valence-corrected chi connectivity index (χ4v) is 2.57. The van der Waals surface area contributed by atoms with Crippen LogP contribution in [0.1, 0.15) is 36.3 Å². The number of aliphatic carboxylic acids is 1. The highest BCUT2D eigenvalue weighted by atomic mass is 16.5. The van der Waals surface area contributed by atoms with Gasteiger partial charge in [-0.2, -0.15) is 0 Å². The average Bonchev–Trinajstić information content (AvgIpc) is 3.01. The zero-order chi connectivity index (χ0) is 14.3. The first kappa shape index (κ1) is 13.2. The van der Waals surface area contributed by atoms with E-state index in [9.17, 15) is 14.7 Å². The molecule has 2 heterocycles. The number of nitrogens with one attached hydrogen (secondary N) is 1. The fraction of sp³-hybridized carbons (Fsp3) is 0.571. The Morgan fingerprint density at radius 2 is 2.25 bits per heavy atom. The van der Waals surface area contributed by atoms with Crippen molar-refractivity contribution in [1.29, 1.82) is 0 Å². The third-order valence-electron chi connectivity index (χ3n) is 4.20. The first-order chi connectivity index (χ1) is 9.52. The molecule has 1 saturated heterocycles. The maximum absolute atomic E-state index is 12.3. The van der Waals surface area contributed by atoms with Crippen LogP contribution in [0.3, 0.4) is 0 Å². The highest BCUT2D eigenvalue weighted by Gasteiger charge is 2.47. The lowest BCUT2D eigenvalue weighted by molar-refractivity contribution is -0.148. The van der Waals surface area contributed by atoms with E-state index in [-0.39, 0.29) is 19.1 Å². The molecule has 0 radical (unpaired) electrons. The molecule has 20 heavy (non-hydrogen) atoms. The van der Waals surface area contributed by atoms with E-state index in [1.165, 1.54) is 0 Å². The number of amides is 1. The van der Waals surface area contributed by atoms with Gasteiger partial charge >= 0.3 is 5.97 Å². The second-order valence-electron chi connectivity index (χ2n) is 5.80. The lowest BCUT2D eigenvalue weighted by Gasteiger charge is -2.25. The van der Waals surface area contributed by atoms with Crippen molar-refractivity contribution < 1.29 is 19.4 Å². The smallest absolute Gasteiger partial charge is 0.313 e. The van der Waals surface area contributed by atoms with Gasteiger partial charge < -0.3 is 19.7 Å². The number of nitrogens with zero attached hydrogens (tertiary/aromatic N) is 1. The number of carboxylic acid groups (broad SMARTS) is 1. The van der Waals surface area contributed by atoms with E-state index < -0.39 is 17.4 Å². The zero-order valence-corrected chi connectivity index (χ0v) is 11.3. The van der Waals surface area contributed by atoms with Crippen LogP contribution in [0.4, 0.5) is 0 Å². The summed E-state index contributed by atoms with van der Waals surface area (Å²) in [7, 11) is 0. The maximum atomic E-state index is 12.3. The Morgan fingerprint density at radius 1 is 1.50 bits per heavy atom. The van der Waals surface area contributed by atoms with E-state index in [0.29, 0.717) is 11.7 Å². The maximum Gasteiger partial charge on any atom is 0.313 e. The van der Waals surface area contributed by atoms with E-state index in [4.69, 9.17) is 4.74 Å². The molecule has 0 aromatic carbocycles. The number of aromatic nitrogens is 1. The van der Waals surface area contributed by atoms with Crippen molar-refractivity contribution in [2.75, 3.05) is 13.2 Å². The molecule has 108 valence electrons. The zero-order valence-electron chi connectivity index (χ0n) is 11.3. The molecule has 0 spiro atoms. The minimum atomic E-state index is -1.06. The number of carbonyl (C=O) groups is 2. The second-order valence-corrected chi connectivity index (χ2v) is 5.80. The molecule has 2 fully saturated rings. The van der Waals surface area contributed by atoms with Crippen LogP contribution in [-0.4, -0.2) is 40.8 Å².